The monoisotopic (exact) mass is 374 g/mol. The lowest BCUT2D eigenvalue weighted by molar-refractivity contribution is -0.147. The topological polar surface area (TPSA) is 88.3 Å². The van der Waals surface area contributed by atoms with Crippen LogP contribution in [0.3, 0.4) is 0 Å². The van der Waals surface area contributed by atoms with Crippen LogP contribution in [0, 0.1) is 6.92 Å². The molecule has 0 atom stereocenters. The summed E-state index contributed by atoms with van der Waals surface area (Å²) in [6.07, 6.45) is 0. The van der Waals surface area contributed by atoms with Gasteiger partial charge in [-0.15, -0.1) is 0 Å². The van der Waals surface area contributed by atoms with E-state index in [9.17, 15) is 14.7 Å². The Balaban J connectivity index is 2.81. The highest BCUT2D eigenvalue weighted by Crippen LogP contribution is 2.30. The van der Waals surface area contributed by atoms with Crippen molar-refractivity contribution in [2.45, 2.75) is 72.4 Å². The van der Waals surface area contributed by atoms with Crippen LogP contribution < -0.4 is 0 Å². The molecule has 7 nitrogen and oxygen atoms in total. The molecule has 2 aromatic heterocycles. The molecule has 148 valence electrons. The third-order valence-electron chi connectivity index (χ3n) is 4.96. The number of carboxylic acids is 1. The first kappa shape index (κ1) is 20.9. The van der Waals surface area contributed by atoms with E-state index in [-0.39, 0.29) is 17.4 Å². The van der Waals surface area contributed by atoms with E-state index in [1.807, 2.05) is 46.2 Å². The maximum Gasteiger partial charge on any atom is 0.329 e. The minimum Gasteiger partial charge on any atom is -0.480 e. The molecular weight excluding hydrogens is 344 g/mol. The van der Waals surface area contributed by atoms with Gasteiger partial charge in [-0.3, -0.25) is 4.79 Å². The first-order chi connectivity index (χ1) is 12.2. The number of aryl methyl sites for hydroxylation is 1. The number of likely N-dealkylation sites (N-methyl/N-ethyl adjacent to an activating group) is 1. The number of carbonyl (C=O) groups is 2. The van der Waals surface area contributed by atoms with E-state index in [2.05, 4.69) is 5.10 Å². The molecule has 0 aliphatic carbocycles. The number of hydrogen-bond donors (Lipinski definition) is 1. The number of aliphatic carboxylic acids is 1. The number of pyridine rings is 1. The number of fused-ring (bicyclic) bond motifs is 1. The second-order valence-electron chi connectivity index (χ2n) is 8.84. The standard InChI is InChI=1S/C20H30N4O3/c1-11(2)14-10-13(17(25)23(9)20(7,8)18(26)27)15-12(3)22-24(16(15)21-14)19(4,5)6/h10-11H,1-9H3,(H,26,27). The van der Waals surface area contributed by atoms with Crippen LogP contribution in [0.1, 0.15) is 76.1 Å². The van der Waals surface area contributed by atoms with Crippen molar-refractivity contribution in [1.29, 1.82) is 0 Å². The van der Waals surface area contributed by atoms with Gasteiger partial charge < -0.3 is 10.0 Å². The van der Waals surface area contributed by atoms with Crippen LogP contribution in [-0.4, -0.2) is 49.2 Å². The molecule has 7 heteroatoms. The number of carboxylic acid groups (broad SMARTS) is 1. The van der Waals surface area contributed by atoms with Gasteiger partial charge in [0.25, 0.3) is 5.91 Å². The summed E-state index contributed by atoms with van der Waals surface area (Å²) >= 11 is 0. The highest BCUT2D eigenvalue weighted by Gasteiger charge is 2.37. The summed E-state index contributed by atoms with van der Waals surface area (Å²) in [5.41, 5.74) is 0.926. The van der Waals surface area contributed by atoms with E-state index < -0.39 is 11.5 Å². The van der Waals surface area contributed by atoms with Gasteiger partial charge in [-0.1, -0.05) is 13.8 Å². The van der Waals surface area contributed by atoms with Crippen LogP contribution in [0.15, 0.2) is 6.07 Å². The van der Waals surface area contributed by atoms with Gasteiger partial charge in [0.15, 0.2) is 5.65 Å². The quantitative estimate of drug-likeness (QED) is 0.884. The molecule has 1 N–H and O–H groups in total. The molecule has 27 heavy (non-hydrogen) atoms. The van der Waals surface area contributed by atoms with Crippen LogP contribution in [0.5, 0.6) is 0 Å². The lowest BCUT2D eigenvalue weighted by Crippen LogP contribution is -2.50. The van der Waals surface area contributed by atoms with E-state index in [4.69, 9.17) is 4.98 Å². The summed E-state index contributed by atoms with van der Waals surface area (Å²) < 4.78 is 1.84. The summed E-state index contributed by atoms with van der Waals surface area (Å²) in [6.45, 7) is 15.0. The van der Waals surface area contributed by atoms with Crippen molar-refractivity contribution in [2.24, 2.45) is 0 Å². The lowest BCUT2D eigenvalue weighted by Gasteiger charge is -2.32. The normalized spacial score (nSPS) is 12.7. The van der Waals surface area contributed by atoms with Crippen LogP contribution in [0.2, 0.25) is 0 Å². The number of hydrogen-bond acceptors (Lipinski definition) is 4. The van der Waals surface area contributed by atoms with Crippen molar-refractivity contribution < 1.29 is 14.7 Å². The highest BCUT2D eigenvalue weighted by molar-refractivity contribution is 6.07. The highest BCUT2D eigenvalue weighted by atomic mass is 16.4. The first-order valence-corrected chi connectivity index (χ1v) is 9.12. The minimum absolute atomic E-state index is 0.113. The molecule has 1 amide bonds. The molecular formula is C20H30N4O3. The van der Waals surface area contributed by atoms with E-state index in [1.165, 1.54) is 25.8 Å². The average molecular weight is 374 g/mol. The van der Waals surface area contributed by atoms with E-state index in [1.54, 1.807) is 6.07 Å². The Labute approximate surface area is 160 Å². The maximum absolute atomic E-state index is 13.3. The molecule has 0 bridgehead atoms. The van der Waals surface area contributed by atoms with E-state index in [0.29, 0.717) is 22.3 Å². The second kappa shape index (κ2) is 6.62. The molecule has 0 spiro atoms. The molecule has 0 aliphatic heterocycles. The number of amides is 1. The fraction of sp³-hybridized carbons (Fsp3) is 0.600. The number of carbonyl (C=O) groups excluding carboxylic acids is 1. The predicted molar refractivity (Wildman–Crippen MR) is 105 cm³/mol. The Bertz CT molecular complexity index is 904. The van der Waals surface area contributed by atoms with Crippen molar-refractivity contribution in [3.05, 3.63) is 23.0 Å². The van der Waals surface area contributed by atoms with E-state index >= 15 is 0 Å². The molecule has 0 unspecified atom stereocenters. The third kappa shape index (κ3) is 3.55. The summed E-state index contributed by atoms with van der Waals surface area (Å²) in [7, 11) is 1.52. The maximum atomic E-state index is 13.3. The van der Waals surface area contributed by atoms with Gasteiger partial charge in [-0.2, -0.15) is 5.10 Å². The van der Waals surface area contributed by atoms with Gasteiger partial charge in [0, 0.05) is 12.7 Å². The Hall–Kier alpha value is -2.44. The summed E-state index contributed by atoms with van der Waals surface area (Å²) in [5, 5.41) is 14.8. The molecule has 0 radical (unpaired) electrons. The third-order valence-corrected chi connectivity index (χ3v) is 4.96. The largest absolute Gasteiger partial charge is 0.480 e. The van der Waals surface area contributed by atoms with Crippen LogP contribution in [0.25, 0.3) is 11.0 Å². The minimum atomic E-state index is -1.33. The Morgan fingerprint density at radius 1 is 1.19 bits per heavy atom. The zero-order chi connectivity index (χ0) is 20.9. The summed E-state index contributed by atoms with van der Waals surface area (Å²) in [6, 6.07) is 1.77. The smallest absolute Gasteiger partial charge is 0.329 e. The van der Waals surface area contributed by atoms with Gasteiger partial charge in [-0.05, 0) is 53.5 Å². The molecule has 0 fully saturated rings. The summed E-state index contributed by atoms with van der Waals surface area (Å²) in [5.74, 6) is -1.30. The molecule has 2 aromatic rings. The molecule has 0 aliphatic rings. The van der Waals surface area contributed by atoms with E-state index in [0.717, 1.165) is 5.69 Å². The zero-order valence-electron chi connectivity index (χ0n) is 17.7. The predicted octanol–water partition coefficient (Wildman–Crippen LogP) is 3.55. The van der Waals surface area contributed by atoms with Crippen LogP contribution >= 0.6 is 0 Å². The van der Waals surface area contributed by atoms with Crippen molar-refractivity contribution >= 4 is 22.9 Å². The molecule has 0 aromatic carbocycles. The second-order valence-corrected chi connectivity index (χ2v) is 8.84. The lowest BCUT2D eigenvalue weighted by atomic mass is 9.99. The first-order valence-electron chi connectivity index (χ1n) is 9.12. The van der Waals surface area contributed by atoms with Crippen molar-refractivity contribution in [2.75, 3.05) is 7.05 Å². The van der Waals surface area contributed by atoms with Crippen LogP contribution in [-0.2, 0) is 10.3 Å². The van der Waals surface area contributed by atoms with Gasteiger partial charge >= 0.3 is 5.97 Å². The molecule has 0 saturated heterocycles. The molecule has 0 saturated carbocycles. The molecule has 2 rings (SSSR count). The average Bonchev–Trinajstić information content (AvgIpc) is 2.89. The Kier molecular flexibility index (Phi) is 5.12. The number of nitrogens with zero attached hydrogens (tertiary/aromatic N) is 4. The van der Waals surface area contributed by atoms with Crippen molar-refractivity contribution in [3.63, 3.8) is 0 Å². The summed E-state index contributed by atoms with van der Waals surface area (Å²) in [4.78, 5) is 31.0. The number of rotatable bonds is 4. The van der Waals surface area contributed by atoms with Gasteiger partial charge in [0.05, 0.1) is 22.2 Å². The van der Waals surface area contributed by atoms with Gasteiger partial charge in [0.1, 0.15) is 5.54 Å². The van der Waals surface area contributed by atoms with Crippen LogP contribution in [0.4, 0.5) is 0 Å². The van der Waals surface area contributed by atoms with Gasteiger partial charge in [-0.25, -0.2) is 14.5 Å². The van der Waals surface area contributed by atoms with Crippen molar-refractivity contribution in [3.8, 4) is 0 Å². The Morgan fingerprint density at radius 3 is 2.19 bits per heavy atom. The Morgan fingerprint density at radius 2 is 1.74 bits per heavy atom. The zero-order valence-corrected chi connectivity index (χ0v) is 17.7. The number of aromatic nitrogens is 3. The fourth-order valence-electron chi connectivity index (χ4n) is 2.82. The SMILES string of the molecule is Cc1nn(C(C)(C)C)c2nc(C(C)C)cc(C(=O)N(C)C(C)(C)C(=O)O)c12. The molecule has 2 heterocycles. The fourth-order valence-corrected chi connectivity index (χ4v) is 2.82. The van der Waals surface area contributed by atoms with Crippen molar-refractivity contribution in [1.82, 2.24) is 19.7 Å². The van der Waals surface area contributed by atoms with Gasteiger partial charge in [0.2, 0.25) is 0 Å².